The van der Waals surface area contributed by atoms with Crippen molar-refractivity contribution in [1.82, 2.24) is 10.2 Å². The fourth-order valence-electron chi connectivity index (χ4n) is 3.02. The Bertz CT molecular complexity index is 692. The van der Waals surface area contributed by atoms with Crippen molar-refractivity contribution in [3.8, 4) is 0 Å². The minimum absolute atomic E-state index is 0.0452. The van der Waals surface area contributed by atoms with Crippen LogP contribution in [-0.2, 0) is 19.1 Å². The quantitative estimate of drug-likeness (QED) is 0.747. The van der Waals surface area contributed by atoms with E-state index in [-0.39, 0.29) is 12.5 Å². The lowest BCUT2D eigenvalue weighted by molar-refractivity contribution is -0.151. The summed E-state index contributed by atoms with van der Waals surface area (Å²) < 4.78 is 10.3. The number of carbonyl (C=O) groups excluding carboxylic acids is 3. The molecule has 0 aliphatic carbocycles. The Labute approximate surface area is 165 Å². The normalized spacial score (nSPS) is 16.2. The van der Waals surface area contributed by atoms with Gasteiger partial charge >= 0.3 is 12.1 Å². The van der Waals surface area contributed by atoms with Crippen molar-refractivity contribution in [2.75, 3.05) is 32.1 Å². The molecule has 1 aromatic rings. The summed E-state index contributed by atoms with van der Waals surface area (Å²) in [5.74, 6) is -0.701. The maximum absolute atomic E-state index is 12.4. The SMILES string of the molecule is COC(=O)C1(NCC(=O)Nc2ccccc2)CCN(C(=O)OC(C)(C)C)CC1. The summed E-state index contributed by atoms with van der Waals surface area (Å²) in [6.45, 7) is 6.03. The number of hydrogen-bond donors (Lipinski definition) is 2. The fraction of sp³-hybridized carbons (Fsp3) is 0.550. The van der Waals surface area contributed by atoms with E-state index in [2.05, 4.69) is 10.6 Å². The van der Waals surface area contributed by atoms with E-state index < -0.39 is 23.2 Å². The van der Waals surface area contributed by atoms with Crippen LogP contribution < -0.4 is 10.6 Å². The van der Waals surface area contributed by atoms with E-state index in [1.807, 2.05) is 18.2 Å². The third-order valence-electron chi connectivity index (χ3n) is 4.49. The average molecular weight is 391 g/mol. The first-order chi connectivity index (χ1) is 13.1. The highest BCUT2D eigenvalue weighted by atomic mass is 16.6. The summed E-state index contributed by atoms with van der Waals surface area (Å²) in [6.07, 6.45) is 0.252. The monoisotopic (exact) mass is 391 g/mol. The van der Waals surface area contributed by atoms with E-state index in [9.17, 15) is 14.4 Å². The van der Waals surface area contributed by atoms with Gasteiger partial charge in [0.05, 0.1) is 13.7 Å². The molecule has 0 radical (unpaired) electrons. The number of anilines is 1. The molecular formula is C20H29N3O5. The van der Waals surface area contributed by atoms with Gasteiger partial charge in [-0.3, -0.25) is 14.9 Å². The maximum Gasteiger partial charge on any atom is 0.410 e. The molecule has 1 heterocycles. The van der Waals surface area contributed by atoms with Crippen molar-refractivity contribution in [1.29, 1.82) is 0 Å². The van der Waals surface area contributed by atoms with E-state index in [0.717, 1.165) is 0 Å². The molecule has 0 aromatic heterocycles. The zero-order valence-corrected chi connectivity index (χ0v) is 16.9. The van der Waals surface area contributed by atoms with Crippen LogP contribution in [0.4, 0.5) is 10.5 Å². The van der Waals surface area contributed by atoms with Crippen LogP contribution in [0.5, 0.6) is 0 Å². The van der Waals surface area contributed by atoms with E-state index in [1.54, 1.807) is 37.8 Å². The molecule has 0 bridgehead atoms. The van der Waals surface area contributed by atoms with Gasteiger partial charge in [0, 0.05) is 18.8 Å². The number of carbonyl (C=O) groups is 3. The first-order valence-electron chi connectivity index (χ1n) is 9.31. The maximum atomic E-state index is 12.4. The molecular weight excluding hydrogens is 362 g/mol. The van der Waals surface area contributed by atoms with Crippen molar-refractivity contribution < 1.29 is 23.9 Å². The molecule has 1 saturated heterocycles. The van der Waals surface area contributed by atoms with Crippen LogP contribution in [0.3, 0.4) is 0 Å². The van der Waals surface area contributed by atoms with Gasteiger partial charge in [-0.15, -0.1) is 0 Å². The number of para-hydroxylation sites is 1. The highest BCUT2D eigenvalue weighted by Crippen LogP contribution is 2.25. The van der Waals surface area contributed by atoms with E-state index in [1.165, 1.54) is 7.11 Å². The third kappa shape index (κ3) is 5.95. The van der Waals surface area contributed by atoms with Crippen molar-refractivity contribution in [2.24, 2.45) is 0 Å². The average Bonchev–Trinajstić information content (AvgIpc) is 2.65. The number of esters is 1. The second-order valence-corrected chi connectivity index (χ2v) is 7.81. The standard InChI is InChI=1S/C20H29N3O5/c1-19(2,3)28-18(26)23-12-10-20(11-13-23,17(25)27-4)21-14-16(24)22-15-8-6-5-7-9-15/h5-9,21H,10-14H2,1-4H3,(H,22,24). The smallest absolute Gasteiger partial charge is 0.410 e. The van der Waals surface area contributed by atoms with Gasteiger partial charge in [-0.05, 0) is 45.7 Å². The molecule has 1 fully saturated rings. The molecule has 0 unspecified atom stereocenters. The van der Waals surface area contributed by atoms with Crippen LogP contribution in [0.15, 0.2) is 30.3 Å². The summed E-state index contributed by atoms with van der Waals surface area (Å²) >= 11 is 0. The largest absolute Gasteiger partial charge is 0.468 e. The number of nitrogens with zero attached hydrogens (tertiary/aromatic N) is 1. The number of piperidine rings is 1. The molecule has 1 aliphatic rings. The number of nitrogens with one attached hydrogen (secondary N) is 2. The number of rotatable bonds is 5. The number of amides is 2. The summed E-state index contributed by atoms with van der Waals surface area (Å²) in [5.41, 5.74) is -0.913. The van der Waals surface area contributed by atoms with E-state index >= 15 is 0 Å². The van der Waals surface area contributed by atoms with Crippen LogP contribution in [0, 0.1) is 0 Å². The van der Waals surface area contributed by atoms with Gasteiger partial charge in [-0.1, -0.05) is 18.2 Å². The number of methoxy groups -OCH3 is 1. The molecule has 2 amide bonds. The zero-order chi connectivity index (χ0) is 20.8. The fourth-order valence-corrected chi connectivity index (χ4v) is 3.02. The Morgan fingerprint density at radius 2 is 1.71 bits per heavy atom. The number of ether oxygens (including phenoxy) is 2. The molecule has 8 nitrogen and oxygen atoms in total. The molecule has 1 aliphatic heterocycles. The topological polar surface area (TPSA) is 97.0 Å². The van der Waals surface area contributed by atoms with Crippen LogP contribution in [0.2, 0.25) is 0 Å². The van der Waals surface area contributed by atoms with E-state index in [0.29, 0.717) is 31.6 Å². The van der Waals surface area contributed by atoms with Crippen molar-refractivity contribution >= 4 is 23.7 Å². The third-order valence-corrected chi connectivity index (χ3v) is 4.49. The summed E-state index contributed by atoms with van der Waals surface area (Å²) in [6, 6.07) is 9.08. The molecule has 0 atom stereocenters. The van der Waals surface area contributed by atoms with Crippen molar-refractivity contribution in [3.63, 3.8) is 0 Å². The Balaban J connectivity index is 1.95. The summed E-state index contributed by atoms with van der Waals surface area (Å²) in [4.78, 5) is 38.4. The number of hydrogen-bond acceptors (Lipinski definition) is 6. The lowest BCUT2D eigenvalue weighted by atomic mass is 9.87. The highest BCUT2D eigenvalue weighted by Gasteiger charge is 2.44. The van der Waals surface area contributed by atoms with Gasteiger partial charge in [0.1, 0.15) is 11.1 Å². The second kappa shape index (κ2) is 9.05. The van der Waals surface area contributed by atoms with Crippen LogP contribution >= 0.6 is 0 Å². The molecule has 1 aromatic carbocycles. The van der Waals surface area contributed by atoms with Gasteiger partial charge in [-0.2, -0.15) is 0 Å². The van der Waals surface area contributed by atoms with Crippen LogP contribution in [0.1, 0.15) is 33.6 Å². The number of benzene rings is 1. The van der Waals surface area contributed by atoms with Gasteiger partial charge in [0.15, 0.2) is 0 Å². The lowest BCUT2D eigenvalue weighted by Crippen LogP contribution is -2.61. The Morgan fingerprint density at radius 3 is 2.25 bits per heavy atom. The molecule has 28 heavy (non-hydrogen) atoms. The minimum Gasteiger partial charge on any atom is -0.468 e. The predicted molar refractivity (Wildman–Crippen MR) is 105 cm³/mol. The molecule has 2 N–H and O–H groups in total. The zero-order valence-electron chi connectivity index (χ0n) is 16.9. The Morgan fingerprint density at radius 1 is 1.11 bits per heavy atom. The first-order valence-corrected chi connectivity index (χ1v) is 9.31. The van der Waals surface area contributed by atoms with Crippen molar-refractivity contribution in [3.05, 3.63) is 30.3 Å². The predicted octanol–water partition coefficient (Wildman–Crippen LogP) is 2.16. The lowest BCUT2D eigenvalue weighted by Gasteiger charge is -2.40. The molecule has 0 spiro atoms. The molecule has 2 rings (SSSR count). The second-order valence-electron chi connectivity index (χ2n) is 7.81. The first kappa shape index (κ1) is 21.7. The van der Waals surface area contributed by atoms with Gasteiger partial charge in [0.25, 0.3) is 0 Å². The summed E-state index contributed by atoms with van der Waals surface area (Å²) in [5, 5.41) is 5.82. The summed E-state index contributed by atoms with van der Waals surface area (Å²) in [7, 11) is 1.32. The van der Waals surface area contributed by atoms with Crippen LogP contribution in [0.25, 0.3) is 0 Å². The van der Waals surface area contributed by atoms with Gasteiger partial charge in [-0.25, -0.2) is 4.79 Å². The molecule has 0 saturated carbocycles. The Kier molecular flexibility index (Phi) is 7.01. The van der Waals surface area contributed by atoms with E-state index in [4.69, 9.17) is 9.47 Å². The molecule has 154 valence electrons. The molecule has 8 heteroatoms. The van der Waals surface area contributed by atoms with Gasteiger partial charge < -0.3 is 19.7 Å². The number of likely N-dealkylation sites (tertiary alicyclic amines) is 1. The van der Waals surface area contributed by atoms with Crippen molar-refractivity contribution in [2.45, 2.75) is 44.8 Å². The van der Waals surface area contributed by atoms with Gasteiger partial charge in [0.2, 0.25) is 5.91 Å². The van der Waals surface area contributed by atoms with Crippen LogP contribution in [-0.4, -0.2) is 60.8 Å². The Hall–Kier alpha value is -2.61. The highest BCUT2D eigenvalue weighted by molar-refractivity contribution is 5.93. The minimum atomic E-state index is -1.01.